The summed E-state index contributed by atoms with van der Waals surface area (Å²) >= 11 is 1.35. The molecule has 0 heterocycles. The molecule has 0 amide bonds. The molecule has 0 N–H and O–H groups in total. The summed E-state index contributed by atoms with van der Waals surface area (Å²) in [5, 5.41) is 0. The zero-order chi connectivity index (χ0) is 15.7. The van der Waals surface area contributed by atoms with E-state index in [4.69, 9.17) is 0 Å². The lowest BCUT2D eigenvalue weighted by molar-refractivity contribution is -0.146. The van der Waals surface area contributed by atoms with E-state index in [0.29, 0.717) is 12.1 Å². The number of hydrogen-bond acceptors (Lipinski definition) is 2. The Bertz CT molecular complexity index is 486. The summed E-state index contributed by atoms with van der Waals surface area (Å²) in [4.78, 5) is 11.1. The fourth-order valence-electron chi connectivity index (χ4n) is 1.55. The van der Waals surface area contributed by atoms with Crippen molar-refractivity contribution >= 4 is 28.6 Å². The fourth-order valence-corrected chi connectivity index (χ4v) is 2.17. The van der Waals surface area contributed by atoms with Gasteiger partial charge in [0.05, 0.1) is 24.7 Å². The molecule has 0 bridgehead atoms. The number of halogens is 7. The summed E-state index contributed by atoms with van der Waals surface area (Å²) in [7, 11) is 0.884. The predicted octanol–water partition coefficient (Wildman–Crippen LogP) is 4.04. The van der Waals surface area contributed by atoms with Gasteiger partial charge in [-0.15, -0.1) is 0 Å². The number of alkyl halides is 6. The Kier molecular flexibility index (Phi) is 4.93. The highest BCUT2D eigenvalue weighted by atomic mass is 127. The molecule has 0 fully saturated rings. The topological polar surface area (TPSA) is 26.3 Å². The molecule has 112 valence electrons. The van der Waals surface area contributed by atoms with Crippen LogP contribution >= 0.6 is 22.6 Å². The van der Waals surface area contributed by atoms with Gasteiger partial charge in [0.2, 0.25) is 0 Å². The summed E-state index contributed by atoms with van der Waals surface area (Å²) < 4.78 is 80.9. The fraction of sp³-hybridized carbons (Fsp3) is 0.364. The second-order valence-electron chi connectivity index (χ2n) is 3.73. The molecule has 20 heavy (non-hydrogen) atoms. The lowest BCUT2D eigenvalue weighted by atomic mass is 9.97. The first kappa shape index (κ1) is 17.1. The van der Waals surface area contributed by atoms with Gasteiger partial charge in [0.25, 0.3) is 0 Å². The Hall–Kier alpha value is -1.00. The van der Waals surface area contributed by atoms with Gasteiger partial charge in [0.15, 0.2) is 0 Å². The normalized spacial score (nSPS) is 12.4. The number of carbonyl (C=O) groups is 1. The van der Waals surface area contributed by atoms with E-state index in [1.54, 1.807) is 0 Å². The molecule has 0 saturated carbocycles. The Balaban J connectivity index is 3.58. The van der Waals surface area contributed by atoms with Gasteiger partial charge in [-0.1, -0.05) is 0 Å². The van der Waals surface area contributed by atoms with Crippen LogP contribution in [0.15, 0.2) is 12.1 Å². The van der Waals surface area contributed by atoms with E-state index in [-0.39, 0.29) is 3.57 Å². The zero-order valence-electron chi connectivity index (χ0n) is 9.82. The third kappa shape index (κ3) is 4.00. The van der Waals surface area contributed by atoms with E-state index < -0.39 is 41.4 Å². The standard InChI is InChI=1S/C11H7F6IO2/c1-20-9(19)4-6-7(10(12,13)14)2-5(18)3-8(6)11(15,16)17/h2-3H,4H2,1H3. The first-order valence-corrected chi connectivity index (χ1v) is 6.08. The van der Waals surface area contributed by atoms with Crippen LogP contribution in [0.2, 0.25) is 0 Å². The van der Waals surface area contributed by atoms with Crippen LogP contribution in [-0.4, -0.2) is 13.1 Å². The van der Waals surface area contributed by atoms with Crippen molar-refractivity contribution in [1.82, 2.24) is 0 Å². The van der Waals surface area contributed by atoms with Gasteiger partial charge in [0, 0.05) is 3.57 Å². The van der Waals surface area contributed by atoms with E-state index >= 15 is 0 Å². The van der Waals surface area contributed by atoms with Crippen LogP contribution < -0.4 is 0 Å². The van der Waals surface area contributed by atoms with Gasteiger partial charge in [-0.25, -0.2) is 0 Å². The highest BCUT2D eigenvalue weighted by Crippen LogP contribution is 2.40. The van der Waals surface area contributed by atoms with Crippen LogP contribution in [0.25, 0.3) is 0 Å². The minimum atomic E-state index is -5.00. The molecule has 2 nitrogen and oxygen atoms in total. The Morgan fingerprint density at radius 1 is 1.10 bits per heavy atom. The van der Waals surface area contributed by atoms with E-state index in [0.717, 1.165) is 7.11 Å². The maximum atomic E-state index is 12.8. The molecule has 0 atom stereocenters. The zero-order valence-corrected chi connectivity index (χ0v) is 12.0. The maximum absolute atomic E-state index is 12.8. The highest BCUT2D eigenvalue weighted by molar-refractivity contribution is 14.1. The van der Waals surface area contributed by atoms with Crippen molar-refractivity contribution < 1.29 is 35.9 Å². The second-order valence-corrected chi connectivity index (χ2v) is 4.97. The molecule has 0 unspecified atom stereocenters. The van der Waals surface area contributed by atoms with E-state index in [1.807, 2.05) is 0 Å². The molecule has 0 saturated heterocycles. The minimum Gasteiger partial charge on any atom is -0.469 e. The Labute approximate surface area is 123 Å². The van der Waals surface area contributed by atoms with Gasteiger partial charge in [-0.05, 0) is 40.3 Å². The number of hydrogen-bond donors (Lipinski definition) is 0. The van der Waals surface area contributed by atoms with Crippen LogP contribution in [0.3, 0.4) is 0 Å². The molecule has 1 aromatic rings. The third-order valence-electron chi connectivity index (χ3n) is 2.37. The molecule has 9 heteroatoms. The second kappa shape index (κ2) is 5.78. The molecular weight excluding hydrogens is 405 g/mol. The van der Waals surface area contributed by atoms with Crippen LogP contribution in [0.5, 0.6) is 0 Å². The van der Waals surface area contributed by atoms with Gasteiger partial charge < -0.3 is 4.74 Å². The SMILES string of the molecule is COC(=O)Cc1c(C(F)(F)F)cc(I)cc1C(F)(F)F. The average molecular weight is 412 g/mol. The number of benzene rings is 1. The third-order valence-corrected chi connectivity index (χ3v) is 3.00. The van der Waals surface area contributed by atoms with Crippen molar-refractivity contribution in [1.29, 1.82) is 0 Å². The highest BCUT2D eigenvalue weighted by Gasteiger charge is 2.41. The Morgan fingerprint density at radius 2 is 1.50 bits per heavy atom. The summed E-state index contributed by atoms with van der Waals surface area (Å²) in [5.41, 5.74) is -4.10. The molecule has 0 aromatic heterocycles. The first-order valence-electron chi connectivity index (χ1n) is 5.00. The van der Waals surface area contributed by atoms with Crippen molar-refractivity contribution in [3.05, 3.63) is 32.4 Å². The van der Waals surface area contributed by atoms with Gasteiger partial charge in [-0.3, -0.25) is 4.79 Å². The van der Waals surface area contributed by atoms with Crippen LogP contribution in [-0.2, 0) is 28.3 Å². The van der Waals surface area contributed by atoms with Gasteiger partial charge in [0.1, 0.15) is 0 Å². The summed E-state index contributed by atoms with van der Waals surface area (Å²) in [5.74, 6) is -1.18. The molecule has 1 rings (SSSR count). The molecule has 1 aromatic carbocycles. The predicted molar refractivity (Wildman–Crippen MR) is 64.9 cm³/mol. The number of methoxy groups -OCH3 is 1. The Morgan fingerprint density at radius 3 is 1.80 bits per heavy atom. The van der Waals surface area contributed by atoms with Crippen molar-refractivity contribution in [2.24, 2.45) is 0 Å². The average Bonchev–Trinajstić information content (AvgIpc) is 2.27. The van der Waals surface area contributed by atoms with Gasteiger partial charge in [-0.2, -0.15) is 26.3 Å². The number of rotatable bonds is 2. The van der Waals surface area contributed by atoms with Crippen molar-refractivity contribution in [3.8, 4) is 0 Å². The van der Waals surface area contributed by atoms with E-state index in [9.17, 15) is 31.1 Å². The first-order chi connectivity index (χ1) is 8.96. The monoisotopic (exact) mass is 412 g/mol. The van der Waals surface area contributed by atoms with E-state index in [2.05, 4.69) is 4.74 Å². The summed E-state index contributed by atoms with van der Waals surface area (Å²) in [6.07, 6.45) is -11.1. The lowest BCUT2D eigenvalue weighted by Gasteiger charge is -2.18. The van der Waals surface area contributed by atoms with E-state index in [1.165, 1.54) is 22.6 Å². The minimum absolute atomic E-state index is 0.226. The number of ether oxygens (including phenoxy) is 1. The lowest BCUT2D eigenvalue weighted by Crippen LogP contribution is -2.20. The molecule has 0 aliphatic rings. The van der Waals surface area contributed by atoms with Crippen molar-refractivity contribution in [3.63, 3.8) is 0 Å². The molecule has 0 aliphatic carbocycles. The summed E-state index contributed by atoms with van der Waals surface area (Å²) in [6, 6.07) is 1.13. The van der Waals surface area contributed by atoms with Crippen molar-refractivity contribution in [2.75, 3.05) is 7.11 Å². The van der Waals surface area contributed by atoms with Gasteiger partial charge >= 0.3 is 18.3 Å². The smallest absolute Gasteiger partial charge is 0.416 e. The quantitative estimate of drug-likeness (QED) is 0.417. The largest absolute Gasteiger partial charge is 0.469 e. The molecule has 0 spiro atoms. The number of carbonyl (C=O) groups excluding carboxylic acids is 1. The van der Waals surface area contributed by atoms with Crippen LogP contribution in [0.4, 0.5) is 26.3 Å². The molecule has 0 aliphatic heterocycles. The van der Waals surface area contributed by atoms with Crippen molar-refractivity contribution in [2.45, 2.75) is 18.8 Å². The van der Waals surface area contributed by atoms with Crippen LogP contribution in [0.1, 0.15) is 16.7 Å². The molecular formula is C11H7F6IO2. The maximum Gasteiger partial charge on any atom is 0.416 e. The number of esters is 1. The molecule has 0 radical (unpaired) electrons. The summed E-state index contributed by atoms with van der Waals surface area (Å²) in [6.45, 7) is 0. The van der Waals surface area contributed by atoms with Crippen LogP contribution in [0, 0.1) is 3.57 Å².